The molecule has 0 saturated heterocycles. The summed E-state index contributed by atoms with van der Waals surface area (Å²) >= 11 is 0. The Labute approximate surface area is 205 Å². The number of non-ortho nitro benzene ring substituents is 1. The van der Waals surface area contributed by atoms with E-state index in [1.807, 2.05) is 54.6 Å². The maximum Gasteiger partial charge on any atom is 0.270 e. The van der Waals surface area contributed by atoms with Crippen molar-refractivity contribution >= 4 is 22.5 Å². The van der Waals surface area contributed by atoms with E-state index in [1.54, 1.807) is 12.1 Å². The van der Waals surface area contributed by atoms with Gasteiger partial charge in [0.2, 0.25) is 5.91 Å². The SMILES string of the molecule is CCCCCNC(=O)CC(c1ccccc1)c1cn(Cc2ccccc2)c2ccc([N+](=O)[O-])cc12. The van der Waals surface area contributed by atoms with Crippen LogP contribution in [0.25, 0.3) is 10.9 Å². The molecule has 1 amide bonds. The van der Waals surface area contributed by atoms with Crippen molar-refractivity contribution in [2.75, 3.05) is 6.54 Å². The molecule has 0 spiro atoms. The zero-order valence-corrected chi connectivity index (χ0v) is 20.0. The van der Waals surface area contributed by atoms with Gasteiger partial charge in [-0.05, 0) is 29.2 Å². The van der Waals surface area contributed by atoms with Crippen molar-refractivity contribution in [3.05, 3.63) is 112 Å². The number of hydrogen-bond acceptors (Lipinski definition) is 3. The number of carbonyl (C=O) groups is 1. The van der Waals surface area contributed by atoms with Crippen LogP contribution in [0, 0.1) is 10.1 Å². The van der Waals surface area contributed by atoms with Gasteiger partial charge in [-0.3, -0.25) is 14.9 Å². The minimum atomic E-state index is -0.365. The third-order valence-electron chi connectivity index (χ3n) is 6.37. The number of nitrogens with one attached hydrogen (secondary N) is 1. The van der Waals surface area contributed by atoms with Gasteiger partial charge in [0.25, 0.3) is 5.69 Å². The minimum absolute atomic E-state index is 0.00986. The number of rotatable bonds is 11. The first kappa shape index (κ1) is 24.2. The predicted molar refractivity (Wildman–Crippen MR) is 140 cm³/mol. The molecule has 0 fully saturated rings. The van der Waals surface area contributed by atoms with Crippen molar-refractivity contribution in [2.45, 2.75) is 45.1 Å². The van der Waals surface area contributed by atoms with Crippen LogP contribution in [-0.2, 0) is 11.3 Å². The lowest BCUT2D eigenvalue weighted by Gasteiger charge is -2.17. The normalized spacial score (nSPS) is 11.9. The second-order valence-electron chi connectivity index (χ2n) is 8.88. The number of nitro benzene ring substituents is 1. The van der Waals surface area contributed by atoms with Crippen LogP contribution >= 0.6 is 0 Å². The topological polar surface area (TPSA) is 77.2 Å². The Balaban J connectivity index is 1.76. The van der Waals surface area contributed by atoms with Gasteiger partial charge in [0, 0.05) is 54.7 Å². The number of amides is 1. The lowest BCUT2D eigenvalue weighted by Crippen LogP contribution is -2.26. The van der Waals surface area contributed by atoms with E-state index in [9.17, 15) is 14.9 Å². The Hall–Kier alpha value is -3.93. The summed E-state index contributed by atoms with van der Waals surface area (Å²) in [7, 11) is 0. The fourth-order valence-electron chi connectivity index (χ4n) is 4.57. The van der Waals surface area contributed by atoms with Gasteiger partial charge >= 0.3 is 0 Å². The summed E-state index contributed by atoms with van der Waals surface area (Å²) < 4.78 is 2.12. The second kappa shape index (κ2) is 11.5. The van der Waals surface area contributed by atoms with E-state index in [-0.39, 0.29) is 28.9 Å². The van der Waals surface area contributed by atoms with E-state index in [2.05, 4.69) is 35.1 Å². The van der Waals surface area contributed by atoms with Gasteiger partial charge in [0.1, 0.15) is 0 Å². The van der Waals surface area contributed by atoms with E-state index >= 15 is 0 Å². The maximum absolute atomic E-state index is 12.9. The fraction of sp³-hybridized carbons (Fsp3) is 0.276. The molecule has 1 aromatic heterocycles. The quantitative estimate of drug-likeness (QED) is 0.156. The summed E-state index contributed by atoms with van der Waals surface area (Å²) in [6, 6.07) is 25.0. The third kappa shape index (κ3) is 5.96. The highest BCUT2D eigenvalue weighted by Gasteiger charge is 2.24. The average molecular weight is 470 g/mol. The number of benzene rings is 3. The number of aromatic nitrogens is 1. The van der Waals surface area contributed by atoms with Crippen LogP contribution in [0.2, 0.25) is 0 Å². The molecule has 4 rings (SSSR count). The molecule has 1 atom stereocenters. The highest BCUT2D eigenvalue weighted by Crippen LogP contribution is 2.36. The highest BCUT2D eigenvalue weighted by atomic mass is 16.6. The summed E-state index contributed by atoms with van der Waals surface area (Å²) in [5.74, 6) is -0.228. The third-order valence-corrected chi connectivity index (χ3v) is 6.37. The molecule has 1 heterocycles. The molecule has 1 unspecified atom stereocenters. The first-order valence-electron chi connectivity index (χ1n) is 12.2. The zero-order valence-electron chi connectivity index (χ0n) is 20.0. The fourth-order valence-corrected chi connectivity index (χ4v) is 4.57. The van der Waals surface area contributed by atoms with Crippen molar-refractivity contribution in [2.24, 2.45) is 0 Å². The maximum atomic E-state index is 12.9. The largest absolute Gasteiger partial charge is 0.356 e. The molecule has 35 heavy (non-hydrogen) atoms. The van der Waals surface area contributed by atoms with Gasteiger partial charge in [-0.25, -0.2) is 0 Å². The molecule has 0 aliphatic rings. The van der Waals surface area contributed by atoms with E-state index in [4.69, 9.17) is 0 Å². The molecule has 0 aliphatic carbocycles. The lowest BCUT2D eigenvalue weighted by atomic mass is 9.88. The van der Waals surface area contributed by atoms with Crippen LogP contribution in [-0.4, -0.2) is 21.9 Å². The van der Waals surface area contributed by atoms with Crippen LogP contribution < -0.4 is 5.32 Å². The highest BCUT2D eigenvalue weighted by molar-refractivity contribution is 5.88. The summed E-state index contributed by atoms with van der Waals surface area (Å²) in [4.78, 5) is 24.2. The van der Waals surface area contributed by atoms with Gasteiger partial charge in [-0.1, -0.05) is 80.4 Å². The first-order valence-corrected chi connectivity index (χ1v) is 12.2. The van der Waals surface area contributed by atoms with Crippen LogP contribution in [0.3, 0.4) is 0 Å². The van der Waals surface area contributed by atoms with Crippen LogP contribution in [0.5, 0.6) is 0 Å². The molecule has 0 radical (unpaired) electrons. The van der Waals surface area contributed by atoms with E-state index in [1.165, 1.54) is 0 Å². The molecule has 0 aliphatic heterocycles. The minimum Gasteiger partial charge on any atom is -0.356 e. The average Bonchev–Trinajstić information content (AvgIpc) is 3.23. The Morgan fingerprint density at radius 3 is 2.40 bits per heavy atom. The number of nitrogens with zero attached hydrogens (tertiary/aromatic N) is 2. The Kier molecular flexibility index (Phi) is 7.93. The Bertz CT molecular complexity index is 1280. The Morgan fingerprint density at radius 2 is 1.71 bits per heavy atom. The molecule has 180 valence electrons. The number of fused-ring (bicyclic) bond motifs is 1. The van der Waals surface area contributed by atoms with Gasteiger partial charge in [0.05, 0.1) is 4.92 Å². The zero-order chi connectivity index (χ0) is 24.6. The van der Waals surface area contributed by atoms with E-state index < -0.39 is 0 Å². The number of nitro groups is 1. The van der Waals surface area contributed by atoms with Gasteiger partial charge in [-0.2, -0.15) is 0 Å². The van der Waals surface area contributed by atoms with Crippen LogP contribution in [0.15, 0.2) is 85.1 Å². The van der Waals surface area contributed by atoms with E-state index in [0.717, 1.165) is 46.9 Å². The van der Waals surface area contributed by atoms with Gasteiger partial charge < -0.3 is 9.88 Å². The van der Waals surface area contributed by atoms with E-state index in [0.29, 0.717) is 13.1 Å². The van der Waals surface area contributed by atoms with Gasteiger partial charge in [-0.15, -0.1) is 0 Å². The monoisotopic (exact) mass is 469 g/mol. The molecule has 1 N–H and O–H groups in total. The molecular formula is C29H31N3O3. The molecular weight excluding hydrogens is 438 g/mol. The summed E-state index contributed by atoms with van der Waals surface area (Å²) in [6.45, 7) is 3.44. The van der Waals surface area contributed by atoms with Crippen molar-refractivity contribution in [3.8, 4) is 0 Å². The number of carbonyl (C=O) groups excluding carboxylic acids is 1. The van der Waals surface area contributed by atoms with Crippen LogP contribution in [0.1, 0.15) is 55.2 Å². The molecule has 6 heteroatoms. The molecule has 3 aromatic carbocycles. The summed E-state index contributed by atoms with van der Waals surface area (Å²) in [5, 5.41) is 15.4. The summed E-state index contributed by atoms with van der Waals surface area (Å²) in [6.07, 6.45) is 5.48. The predicted octanol–water partition coefficient (Wildman–Crippen LogP) is 6.43. The van der Waals surface area contributed by atoms with Crippen molar-refractivity contribution in [3.63, 3.8) is 0 Å². The number of unbranched alkanes of at least 4 members (excludes halogenated alkanes) is 2. The standard InChI is InChI=1S/C29H31N3O3/c1-2-3-10-17-30-29(33)19-25(23-13-8-5-9-14-23)27-21-31(20-22-11-6-4-7-12-22)28-16-15-24(32(34)35)18-26(27)28/h4-9,11-16,18,21,25H,2-3,10,17,19-20H2,1H3,(H,30,33). The Morgan fingerprint density at radius 1 is 1.00 bits per heavy atom. The van der Waals surface area contributed by atoms with Crippen molar-refractivity contribution in [1.29, 1.82) is 0 Å². The smallest absolute Gasteiger partial charge is 0.270 e. The van der Waals surface area contributed by atoms with Gasteiger partial charge in [0.15, 0.2) is 0 Å². The second-order valence-corrected chi connectivity index (χ2v) is 8.88. The molecule has 6 nitrogen and oxygen atoms in total. The van der Waals surface area contributed by atoms with Crippen molar-refractivity contribution in [1.82, 2.24) is 9.88 Å². The summed E-state index contributed by atoms with van der Waals surface area (Å²) in [5.41, 5.74) is 4.04. The molecule has 4 aromatic rings. The molecule has 0 bridgehead atoms. The van der Waals surface area contributed by atoms with Crippen LogP contribution in [0.4, 0.5) is 5.69 Å². The first-order chi connectivity index (χ1) is 17.1. The molecule has 0 saturated carbocycles. The van der Waals surface area contributed by atoms with Crippen molar-refractivity contribution < 1.29 is 9.72 Å². The number of hydrogen-bond donors (Lipinski definition) is 1. The lowest BCUT2D eigenvalue weighted by molar-refractivity contribution is -0.384.